The van der Waals surface area contributed by atoms with Gasteiger partial charge in [-0.2, -0.15) is 0 Å². The zero-order chi connectivity index (χ0) is 16.1. The molecular weight excluding hydrogens is 282 g/mol. The van der Waals surface area contributed by atoms with Crippen molar-refractivity contribution in [3.8, 4) is 0 Å². The van der Waals surface area contributed by atoms with Gasteiger partial charge in [0.05, 0.1) is 0 Å². The Bertz CT molecular complexity index is 297. The van der Waals surface area contributed by atoms with Gasteiger partial charge in [-0.15, -0.1) is 4.36 Å². The molecule has 0 saturated carbocycles. The first-order valence-electron chi connectivity index (χ1n) is 8.66. The Morgan fingerprint density at radius 2 is 1.76 bits per heavy atom. The molecule has 3 nitrogen and oxygen atoms in total. The summed E-state index contributed by atoms with van der Waals surface area (Å²) in [5.74, 6) is 0.407. The van der Waals surface area contributed by atoms with Gasteiger partial charge in [-0.25, -0.2) is 4.79 Å². The Morgan fingerprint density at radius 3 is 2.24 bits per heavy atom. The number of hydrogen-bond donors (Lipinski definition) is 0. The Kier molecular flexibility index (Phi) is 11.8. The van der Waals surface area contributed by atoms with E-state index in [2.05, 4.69) is 44.5 Å². The van der Waals surface area contributed by atoms with E-state index < -0.39 is 6.09 Å². The van der Waals surface area contributed by atoms with Crippen molar-refractivity contribution in [3.63, 3.8) is 0 Å². The van der Waals surface area contributed by atoms with E-state index in [0.29, 0.717) is 5.92 Å². The molecule has 0 aliphatic rings. The van der Waals surface area contributed by atoms with Crippen LogP contribution in [0.3, 0.4) is 0 Å². The largest absolute Gasteiger partial charge is 0.445 e. The Balaban J connectivity index is 4.96. The van der Waals surface area contributed by atoms with Crippen LogP contribution in [0.5, 0.6) is 0 Å². The van der Waals surface area contributed by atoms with E-state index in [1.807, 2.05) is 0 Å². The van der Waals surface area contributed by atoms with E-state index in [0.717, 1.165) is 32.1 Å². The lowest BCUT2D eigenvalue weighted by Gasteiger charge is -2.39. The quantitative estimate of drug-likeness (QED) is 0.403. The molecule has 0 aliphatic carbocycles. The van der Waals surface area contributed by atoms with Crippen LogP contribution in [0.1, 0.15) is 91.9 Å². The van der Waals surface area contributed by atoms with Gasteiger partial charge in [0.25, 0.3) is 0 Å². The van der Waals surface area contributed by atoms with Crippen molar-refractivity contribution in [2.24, 2.45) is 10.3 Å². The summed E-state index contributed by atoms with van der Waals surface area (Å²) in [6.07, 6.45) is 10.4. The monoisotopic (exact) mass is 315 g/mol. The smallest absolute Gasteiger partial charge is 0.440 e. The van der Waals surface area contributed by atoms with Gasteiger partial charge in [0, 0.05) is 12.4 Å². The predicted molar refractivity (Wildman–Crippen MR) is 91.4 cm³/mol. The molecule has 2 atom stereocenters. The van der Waals surface area contributed by atoms with Crippen molar-refractivity contribution in [3.05, 3.63) is 0 Å². The number of rotatable bonds is 12. The minimum Gasteiger partial charge on any atom is -0.440 e. The van der Waals surface area contributed by atoms with Crippen molar-refractivity contribution >= 4 is 18.5 Å². The maximum Gasteiger partial charge on any atom is 0.445 e. The van der Waals surface area contributed by atoms with Crippen molar-refractivity contribution < 1.29 is 9.53 Å². The average Bonchev–Trinajstić information content (AvgIpc) is 2.51. The third kappa shape index (κ3) is 7.35. The van der Waals surface area contributed by atoms with E-state index in [1.54, 1.807) is 0 Å². The molecule has 0 heterocycles. The van der Waals surface area contributed by atoms with Crippen LogP contribution in [-0.2, 0) is 17.2 Å². The highest BCUT2D eigenvalue weighted by molar-refractivity contribution is 7.47. The lowest BCUT2D eigenvalue weighted by molar-refractivity contribution is -0.0465. The molecule has 4 heteroatoms. The first-order valence-corrected chi connectivity index (χ1v) is 9.02. The third-order valence-electron chi connectivity index (χ3n) is 4.56. The second-order valence-electron chi connectivity index (χ2n) is 5.94. The van der Waals surface area contributed by atoms with Crippen LogP contribution in [0.4, 0.5) is 4.79 Å². The molecule has 0 bridgehead atoms. The maximum absolute atomic E-state index is 11.7. The summed E-state index contributed by atoms with van der Waals surface area (Å²) in [4.78, 5) is 11.7. The molecule has 0 fully saturated rings. The second-order valence-corrected chi connectivity index (χ2v) is 6.12. The van der Waals surface area contributed by atoms with Crippen molar-refractivity contribution in [1.82, 2.24) is 0 Å². The van der Waals surface area contributed by atoms with E-state index in [-0.39, 0.29) is 5.60 Å². The van der Waals surface area contributed by atoms with Crippen LogP contribution in [0, 0.1) is 5.92 Å². The number of hydrogen-bond acceptors (Lipinski definition) is 3. The van der Waals surface area contributed by atoms with Gasteiger partial charge >= 0.3 is 6.09 Å². The molecule has 0 aromatic heterocycles. The van der Waals surface area contributed by atoms with E-state index >= 15 is 0 Å². The van der Waals surface area contributed by atoms with Gasteiger partial charge in [0.1, 0.15) is 5.60 Å². The molecule has 21 heavy (non-hydrogen) atoms. The van der Waals surface area contributed by atoms with Crippen LogP contribution >= 0.6 is 0 Å². The number of ether oxygens (including phenoxy) is 1. The first kappa shape index (κ1) is 20.5. The van der Waals surface area contributed by atoms with Crippen LogP contribution < -0.4 is 0 Å². The van der Waals surface area contributed by atoms with Crippen molar-refractivity contribution in [1.29, 1.82) is 0 Å². The van der Waals surface area contributed by atoms with Gasteiger partial charge in [-0.3, -0.25) is 0 Å². The fourth-order valence-corrected chi connectivity index (χ4v) is 3.25. The van der Waals surface area contributed by atoms with Gasteiger partial charge < -0.3 is 4.74 Å². The summed E-state index contributed by atoms with van der Waals surface area (Å²) in [5, 5.41) is 0. The molecule has 1 amide bonds. The van der Waals surface area contributed by atoms with Gasteiger partial charge in [-0.1, -0.05) is 59.8 Å². The topological polar surface area (TPSA) is 38.7 Å². The standard InChI is InChI=1S/C17H33NO2S/c1-5-9-11-12-14-17(8-4,20-16(19)18-21)15(7-3)13-10-6-2/h15H,5-14H2,1-4H3. The lowest BCUT2D eigenvalue weighted by Crippen LogP contribution is -2.41. The van der Waals surface area contributed by atoms with E-state index in [9.17, 15) is 4.79 Å². The van der Waals surface area contributed by atoms with E-state index in [4.69, 9.17) is 4.74 Å². The number of unbranched alkanes of at least 4 members (excludes halogenated alkanes) is 4. The number of amides is 1. The van der Waals surface area contributed by atoms with Crippen molar-refractivity contribution in [2.75, 3.05) is 0 Å². The van der Waals surface area contributed by atoms with Crippen molar-refractivity contribution in [2.45, 2.75) is 97.5 Å². The minimum absolute atomic E-state index is 0.378. The molecule has 124 valence electrons. The maximum atomic E-state index is 11.7. The number of carbonyl (C=O) groups excluding carboxylic acids is 1. The zero-order valence-corrected chi connectivity index (χ0v) is 15.1. The average molecular weight is 316 g/mol. The normalized spacial score (nSPS) is 15.2. The van der Waals surface area contributed by atoms with Crippen LogP contribution in [0.25, 0.3) is 0 Å². The summed E-state index contributed by atoms with van der Waals surface area (Å²) in [5.41, 5.74) is -0.378. The molecule has 0 radical (unpaired) electrons. The molecule has 0 aliphatic heterocycles. The molecule has 0 N–H and O–H groups in total. The third-order valence-corrected chi connectivity index (χ3v) is 4.71. The van der Waals surface area contributed by atoms with Crippen LogP contribution in [-0.4, -0.2) is 11.7 Å². The highest BCUT2D eigenvalue weighted by atomic mass is 32.1. The number of nitrogens with zero attached hydrogens (tertiary/aromatic N) is 1. The summed E-state index contributed by atoms with van der Waals surface area (Å²) >= 11 is 4.51. The predicted octanol–water partition coefficient (Wildman–Crippen LogP) is 6.19. The zero-order valence-electron chi connectivity index (χ0n) is 14.3. The summed E-state index contributed by atoms with van der Waals surface area (Å²) < 4.78 is 9.04. The first-order chi connectivity index (χ1) is 10.1. The van der Waals surface area contributed by atoms with Crippen LogP contribution in [0.15, 0.2) is 4.36 Å². The lowest BCUT2D eigenvalue weighted by atomic mass is 9.76. The Hall–Kier alpha value is -0.510. The molecule has 0 spiro atoms. The fourth-order valence-electron chi connectivity index (χ4n) is 3.21. The molecule has 2 unspecified atom stereocenters. The Labute approximate surface area is 136 Å². The molecule has 0 aromatic rings. The SMILES string of the molecule is CCCCCCC(CC)(OC(=O)N=S)C(CC)CCCC. The highest BCUT2D eigenvalue weighted by Crippen LogP contribution is 2.37. The van der Waals surface area contributed by atoms with Gasteiger partial charge in [0.2, 0.25) is 0 Å². The fraction of sp³-hybridized carbons (Fsp3) is 0.941. The summed E-state index contributed by atoms with van der Waals surface area (Å²) in [6, 6.07) is 0. The number of carbonyl (C=O) groups is 1. The summed E-state index contributed by atoms with van der Waals surface area (Å²) in [6.45, 7) is 8.71. The molecular formula is C17H33NO2S. The van der Waals surface area contributed by atoms with Gasteiger partial charge in [0.15, 0.2) is 0 Å². The van der Waals surface area contributed by atoms with Crippen LogP contribution in [0.2, 0.25) is 0 Å². The Morgan fingerprint density at radius 1 is 1.10 bits per heavy atom. The minimum atomic E-state index is -0.586. The molecule has 0 saturated heterocycles. The van der Waals surface area contributed by atoms with Gasteiger partial charge in [-0.05, 0) is 38.0 Å². The molecule has 0 rings (SSSR count). The second kappa shape index (κ2) is 12.1. The highest BCUT2D eigenvalue weighted by Gasteiger charge is 2.39. The van der Waals surface area contributed by atoms with E-state index in [1.165, 1.54) is 32.1 Å². The summed E-state index contributed by atoms with van der Waals surface area (Å²) in [7, 11) is 0. The molecule has 0 aromatic carbocycles.